The van der Waals surface area contributed by atoms with Crippen molar-refractivity contribution in [3.8, 4) is 0 Å². The van der Waals surface area contributed by atoms with E-state index >= 15 is 0 Å². The average molecular weight is 398 g/mol. The lowest BCUT2D eigenvalue weighted by atomic mass is 10.0. The second-order valence-corrected chi connectivity index (χ2v) is 11.5. The summed E-state index contributed by atoms with van der Waals surface area (Å²) in [6.07, 6.45) is 0.109. The molecule has 0 radical (unpaired) electrons. The van der Waals surface area contributed by atoms with Crippen LogP contribution in [-0.4, -0.2) is 18.3 Å². The number of aryl methyl sites for hydroxylation is 1. The number of hydrogen-bond donors (Lipinski definition) is 1. The summed E-state index contributed by atoms with van der Waals surface area (Å²) in [4.78, 5) is 12.5. The van der Waals surface area contributed by atoms with Crippen LogP contribution >= 0.6 is 23.1 Å². The first kappa shape index (κ1) is 20.2. The zero-order valence-corrected chi connectivity index (χ0v) is 17.2. The smallest absolute Gasteiger partial charge is 0.250 e. The van der Waals surface area contributed by atoms with Crippen molar-refractivity contribution in [3.05, 3.63) is 52.9 Å². The molecule has 1 aromatic heterocycles. The Kier molecular flexibility index (Phi) is 6.48. The zero-order valence-electron chi connectivity index (χ0n) is 14.8. The maximum absolute atomic E-state index is 12.6. The molecule has 1 aromatic carbocycles. The number of benzene rings is 1. The number of carbonyl (C=O) groups is 1. The van der Waals surface area contributed by atoms with Gasteiger partial charge in [0.1, 0.15) is 4.21 Å². The Morgan fingerprint density at radius 1 is 1.20 bits per heavy atom. The van der Waals surface area contributed by atoms with Crippen molar-refractivity contribution in [1.29, 1.82) is 0 Å². The van der Waals surface area contributed by atoms with E-state index < -0.39 is 16.1 Å². The van der Waals surface area contributed by atoms with Crippen LogP contribution in [0, 0.1) is 6.92 Å². The van der Waals surface area contributed by atoms with E-state index in [1.165, 1.54) is 11.8 Å². The molecule has 136 valence electrons. The molecule has 25 heavy (non-hydrogen) atoms. The van der Waals surface area contributed by atoms with Crippen LogP contribution in [0.4, 0.5) is 0 Å². The summed E-state index contributed by atoms with van der Waals surface area (Å²) in [6, 6.07) is 10.2. The fourth-order valence-electron chi connectivity index (χ4n) is 2.40. The van der Waals surface area contributed by atoms with Gasteiger partial charge in [-0.3, -0.25) is 4.79 Å². The van der Waals surface area contributed by atoms with E-state index in [1.807, 2.05) is 52.0 Å². The van der Waals surface area contributed by atoms with E-state index in [1.54, 1.807) is 17.5 Å². The average Bonchev–Trinajstić information content (AvgIpc) is 2.99. The number of hydrogen-bond acceptors (Lipinski definition) is 5. The predicted molar refractivity (Wildman–Crippen MR) is 106 cm³/mol. The molecule has 0 aliphatic heterocycles. The summed E-state index contributed by atoms with van der Waals surface area (Å²) in [7, 11) is -3.66. The van der Waals surface area contributed by atoms with Gasteiger partial charge in [0.15, 0.2) is 5.12 Å². The first-order chi connectivity index (χ1) is 11.6. The van der Waals surface area contributed by atoms with Crippen LogP contribution in [0.2, 0.25) is 0 Å². The molecule has 2 rings (SSSR count). The molecule has 0 unspecified atom stereocenters. The summed E-state index contributed by atoms with van der Waals surface area (Å²) in [6.45, 7) is 7.82. The number of sulfonamides is 1. The number of carbonyl (C=O) groups excluding carboxylic acids is 1. The summed E-state index contributed by atoms with van der Waals surface area (Å²) in [5, 5.41) is 1.69. The molecule has 2 aromatic rings. The van der Waals surface area contributed by atoms with Crippen LogP contribution in [0.1, 0.15) is 44.4 Å². The minimum Gasteiger partial charge on any atom is -0.287 e. The van der Waals surface area contributed by atoms with Crippen molar-refractivity contribution in [1.82, 2.24) is 4.72 Å². The third-order valence-corrected chi connectivity index (χ3v) is 7.29. The van der Waals surface area contributed by atoms with Crippen LogP contribution in [0.3, 0.4) is 0 Å². The molecular formula is C18H23NO3S3. The highest BCUT2D eigenvalue weighted by molar-refractivity contribution is 8.14. The fraction of sp³-hybridized carbons (Fsp3) is 0.389. The quantitative estimate of drug-likeness (QED) is 0.778. The highest BCUT2D eigenvalue weighted by Crippen LogP contribution is 2.31. The highest BCUT2D eigenvalue weighted by atomic mass is 32.2. The van der Waals surface area contributed by atoms with Gasteiger partial charge >= 0.3 is 0 Å². The molecule has 1 N–H and O–H groups in total. The molecule has 0 aliphatic rings. The first-order valence-electron chi connectivity index (χ1n) is 7.92. The first-order valence-corrected chi connectivity index (χ1v) is 11.1. The van der Waals surface area contributed by atoms with Crippen molar-refractivity contribution in [2.75, 3.05) is 0 Å². The van der Waals surface area contributed by atoms with Gasteiger partial charge in [0.05, 0.1) is 6.04 Å². The van der Waals surface area contributed by atoms with Gasteiger partial charge in [0, 0.05) is 11.2 Å². The van der Waals surface area contributed by atoms with Crippen LogP contribution in [-0.2, 0) is 14.8 Å². The Bertz CT molecular complexity index is 822. The van der Waals surface area contributed by atoms with E-state index in [0.29, 0.717) is 0 Å². The summed E-state index contributed by atoms with van der Waals surface area (Å²) in [5.74, 6) is 0. The van der Waals surface area contributed by atoms with Gasteiger partial charge in [0.25, 0.3) is 10.0 Å². The predicted octanol–water partition coefficient (Wildman–Crippen LogP) is 4.52. The normalized spacial score (nSPS) is 13.6. The lowest BCUT2D eigenvalue weighted by molar-refractivity contribution is -0.111. The molecule has 0 aliphatic carbocycles. The number of thioether (sulfide) groups is 1. The third kappa shape index (κ3) is 5.95. The molecule has 1 heterocycles. The molecule has 4 nitrogen and oxygen atoms in total. The van der Waals surface area contributed by atoms with E-state index in [-0.39, 0.29) is 20.5 Å². The third-order valence-electron chi connectivity index (χ3n) is 3.41. The molecule has 7 heteroatoms. The summed E-state index contributed by atoms with van der Waals surface area (Å²) >= 11 is 2.40. The number of rotatable bonds is 6. The van der Waals surface area contributed by atoms with Crippen LogP contribution < -0.4 is 4.72 Å². The van der Waals surface area contributed by atoms with Crippen molar-refractivity contribution >= 4 is 38.2 Å². The molecule has 0 amide bonds. The van der Waals surface area contributed by atoms with Gasteiger partial charge in [-0.25, -0.2) is 13.1 Å². The minimum absolute atomic E-state index is 0.0327. The molecule has 0 spiro atoms. The Morgan fingerprint density at radius 2 is 1.88 bits per heavy atom. The summed E-state index contributed by atoms with van der Waals surface area (Å²) in [5.41, 5.74) is 1.78. The molecular weight excluding hydrogens is 374 g/mol. The van der Waals surface area contributed by atoms with E-state index in [2.05, 4.69) is 4.72 Å². The molecule has 1 atom stereocenters. The van der Waals surface area contributed by atoms with Crippen molar-refractivity contribution in [3.63, 3.8) is 0 Å². The van der Waals surface area contributed by atoms with Gasteiger partial charge in [-0.15, -0.1) is 11.3 Å². The Balaban J connectivity index is 2.30. The molecule has 0 fully saturated rings. The molecule has 0 saturated carbocycles. The molecule has 0 bridgehead atoms. The van der Waals surface area contributed by atoms with Crippen molar-refractivity contribution < 1.29 is 13.2 Å². The minimum atomic E-state index is -3.66. The second kappa shape index (κ2) is 8.03. The maximum atomic E-state index is 12.6. The maximum Gasteiger partial charge on any atom is 0.250 e. The lowest BCUT2D eigenvalue weighted by Gasteiger charge is -2.22. The summed E-state index contributed by atoms with van der Waals surface area (Å²) < 4.78 is 28.0. The van der Waals surface area contributed by atoms with Gasteiger partial charge in [0.2, 0.25) is 0 Å². The van der Waals surface area contributed by atoms with E-state index in [0.717, 1.165) is 22.5 Å². The topological polar surface area (TPSA) is 63.2 Å². The SMILES string of the molecule is Cc1ccccc1[C@@H](CC(=O)SC(C)(C)C)NS(=O)(=O)c1cccs1. The lowest BCUT2D eigenvalue weighted by Crippen LogP contribution is -2.30. The van der Waals surface area contributed by atoms with Gasteiger partial charge in [-0.05, 0) is 29.5 Å². The van der Waals surface area contributed by atoms with Crippen LogP contribution in [0.25, 0.3) is 0 Å². The van der Waals surface area contributed by atoms with Gasteiger partial charge in [-0.1, -0.05) is 62.9 Å². The number of thiophene rings is 1. The molecule has 0 saturated heterocycles. The van der Waals surface area contributed by atoms with Crippen LogP contribution in [0.15, 0.2) is 46.0 Å². The van der Waals surface area contributed by atoms with Crippen LogP contribution in [0.5, 0.6) is 0 Å². The Morgan fingerprint density at radius 3 is 2.44 bits per heavy atom. The zero-order chi connectivity index (χ0) is 18.7. The van der Waals surface area contributed by atoms with E-state index in [9.17, 15) is 13.2 Å². The standard InChI is InChI=1S/C18H23NO3S3/c1-13-8-5-6-9-14(13)15(12-16(20)24-18(2,3)4)19-25(21,22)17-10-7-11-23-17/h5-11,15,19H,12H2,1-4H3/t15-/m1/s1. The number of nitrogens with one attached hydrogen (secondary N) is 1. The van der Waals surface area contributed by atoms with E-state index in [4.69, 9.17) is 0 Å². The highest BCUT2D eigenvalue weighted by Gasteiger charge is 2.27. The van der Waals surface area contributed by atoms with Crippen molar-refractivity contribution in [2.24, 2.45) is 0 Å². The van der Waals surface area contributed by atoms with Gasteiger partial charge in [-0.2, -0.15) is 0 Å². The largest absolute Gasteiger partial charge is 0.287 e. The Hall–Kier alpha value is -1.15. The van der Waals surface area contributed by atoms with Gasteiger partial charge < -0.3 is 0 Å². The monoisotopic (exact) mass is 397 g/mol. The Labute approximate surface area is 158 Å². The fourth-order valence-corrected chi connectivity index (χ4v) is 5.56. The second-order valence-electron chi connectivity index (χ2n) is 6.75. The van der Waals surface area contributed by atoms with Crippen molar-refractivity contribution in [2.45, 2.75) is 49.1 Å².